The first kappa shape index (κ1) is 13.8. The Balaban J connectivity index is 1.89. The van der Waals surface area contributed by atoms with E-state index in [0.717, 1.165) is 22.3 Å². The van der Waals surface area contributed by atoms with E-state index in [-0.39, 0.29) is 12.3 Å². The Morgan fingerprint density at radius 3 is 2.33 bits per heavy atom. The van der Waals surface area contributed by atoms with E-state index in [1.165, 1.54) is 0 Å². The van der Waals surface area contributed by atoms with Gasteiger partial charge in [-0.3, -0.25) is 0 Å². The molecule has 1 aliphatic rings. The molecule has 2 aromatic carbocycles. The van der Waals surface area contributed by atoms with Gasteiger partial charge in [-0.05, 0) is 23.3 Å². The van der Waals surface area contributed by atoms with E-state index < -0.39 is 0 Å². The van der Waals surface area contributed by atoms with Crippen LogP contribution in [0.1, 0.15) is 27.8 Å². The smallest absolute Gasteiger partial charge is 0.338 e. The van der Waals surface area contributed by atoms with Crippen molar-refractivity contribution in [2.45, 2.75) is 12.9 Å². The standard InChI is InChI=1S/C17H16O4/c1-19-17(20-2)12-5-3-11(4-6-12)13-7-8-15-14(9-13)10-21-16(15)18/h3-9,17H,10H2,1-2H3. The third kappa shape index (κ3) is 2.55. The fraction of sp³-hybridized carbons (Fsp3) is 0.235. The molecular weight excluding hydrogens is 268 g/mol. The highest BCUT2D eigenvalue weighted by Gasteiger charge is 2.21. The predicted molar refractivity (Wildman–Crippen MR) is 77.8 cm³/mol. The molecule has 2 aromatic rings. The van der Waals surface area contributed by atoms with Crippen molar-refractivity contribution in [3.63, 3.8) is 0 Å². The average Bonchev–Trinajstić information content (AvgIpc) is 2.90. The predicted octanol–water partition coefficient (Wildman–Crippen LogP) is 3.32. The Hall–Kier alpha value is -2.17. The summed E-state index contributed by atoms with van der Waals surface area (Å²) in [6, 6.07) is 13.7. The molecule has 0 fully saturated rings. The molecule has 3 rings (SSSR count). The molecule has 0 radical (unpaired) electrons. The van der Waals surface area contributed by atoms with Gasteiger partial charge < -0.3 is 14.2 Å². The van der Waals surface area contributed by atoms with E-state index in [2.05, 4.69) is 0 Å². The lowest BCUT2D eigenvalue weighted by atomic mass is 9.99. The largest absolute Gasteiger partial charge is 0.457 e. The zero-order chi connectivity index (χ0) is 14.8. The minimum Gasteiger partial charge on any atom is -0.457 e. The second kappa shape index (κ2) is 5.68. The summed E-state index contributed by atoms with van der Waals surface area (Å²) in [4.78, 5) is 11.4. The van der Waals surface area contributed by atoms with Crippen molar-refractivity contribution < 1.29 is 19.0 Å². The molecule has 0 N–H and O–H groups in total. The molecule has 1 aliphatic heterocycles. The summed E-state index contributed by atoms with van der Waals surface area (Å²) in [6.45, 7) is 0.357. The van der Waals surface area contributed by atoms with E-state index in [9.17, 15) is 4.79 Å². The Bertz CT molecular complexity index is 657. The van der Waals surface area contributed by atoms with Crippen molar-refractivity contribution in [2.75, 3.05) is 14.2 Å². The normalized spacial score (nSPS) is 13.4. The van der Waals surface area contributed by atoms with Gasteiger partial charge in [0.2, 0.25) is 0 Å². The zero-order valence-electron chi connectivity index (χ0n) is 12.0. The Kier molecular flexibility index (Phi) is 3.73. The van der Waals surface area contributed by atoms with Crippen molar-refractivity contribution in [3.05, 3.63) is 59.2 Å². The second-order valence-corrected chi connectivity index (χ2v) is 4.87. The molecule has 0 unspecified atom stereocenters. The third-order valence-electron chi connectivity index (χ3n) is 3.63. The fourth-order valence-corrected chi connectivity index (χ4v) is 2.51. The number of benzene rings is 2. The van der Waals surface area contributed by atoms with Crippen LogP contribution in [0.25, 0.3) is 11.1 Å². The van der Waals surface area contributed by atoms with Gasteiger partial charge >= 0.3 is 5.97 Å². The van der Waals surface area contributed by atoms with Crippen LogP contribution in [0.3, 0.4) is 0 Å². The van der Waals surface area contributed by atoms with E-state index in [1.807, 2.05) is 42.5 Å². The first-order chi connectivity index (χ1) is 10.2. The maximum Gasteiger partial charge on any atom is 0.338 e. The van der Waals surface area contributed by atoms with Gasteiger partial charge in [0.05, 0.1) is 5.56 Å². The molecule has 4 nitrogen and oxygen atoms in total. The topological polar surface area (TPSA) is 44.8 Å². The Morgan fingerprint density at radius 2 is 1.67 bits per heavy atom. The van der Waals surface area contributed by atoms with Crippen LogP contribution in [0.5, 0.6) is 0 Å². The summed E-state index contributed by atoms with van der Waals surface area (Å²) in [5.74, 6) is -0.241. The van der Waals surface area contributed by atoms with E-state index in [0.29, 0.717) is 12.2 Å². The van der Waals surface area contributed by atoms with Crippen molar-refractivity contribution in [1.29, 1.82) is 0 Å². The Morgan fingerprint density at radius 1 is 1.00 bits per heavy atom. The van der Waals surface area contributed by atoms with Gasteiger partial charge in [-0.2, -0.15) is 0 Å². The molecule has 21 heavy (non-hydrogen) atoms. The highest BCUT2D eigenvalue weighted by molar-refractivity contribution is 5.94. The number of hydrogen-bond donors (Lipinski definition) is 0. The third-order valence-corrected chi connectivity index (χ3v) is 3.63. The molecule has 0 saturated carbocycles. The summed E-state index contributed by atoms with van der Waals surface area (Å²) < 4.78 is 15.5. The van der Waals surface area contributed by atoms with E-state index >= 15 is 0 Å². The molecule has 0 atom stereocenters. The van der Waals surface area contributed by atoms with Crippen molar-refractivity contribution in [3.8, 4) is 11.1 Å². The SMILES string of the molecule is COC(OC)c1ccc(-c2ccc3c(c2)COC3=O)cc1. The maximum absolute atomic E-state index is 11.4. The van der Waals surface area contributed by atoms with Crippen LogP contribution < -0.4 is 0 Å². The lowest BCUT2D eigenvalue weighted by Gasteiger charge is -2.14. The fourth-order valence-electron chi connectivity index (χ4n) is 2.51. The lowest BCUT2D eigenvalue weighted by molar-refractivity contribution is -0.106. The average molecular weight is 284 g/mol. The zero-order valence-corrected chi connectivity index (χ0v) is 12.0. The first-order valence-electron chi connectivity index (χ1n) is 6.69. The molecule has 0 bridgehead atoms. The van der Waals surface area contributed by atoms with Gasteiger partial charge in [0.1, 0.15) is 6.61 Å². The van der Waals surface area contributed by atoms with Crippen LogP contribution >= 0.6 is 0 Å². The van der Waals surface area contributed by atoms with Gasteiger partial charge in [0, 0.05) is 25.3 Å². The van der Waals surface area contributed by atoms with Gasteiger partial charge in [-0.1, -0.05) is 30.3 Å². The number of rotatable bonds is 4. The van der Waals surface area contributed by atoms with Crippen LogP contribution in [-0.4, -0.2) is 20.2 Å². The lowest BCUT2D eigenvalue weighted by Crippen LogP contribution is -2.03. The monoisotopic (exact) mass is 284 g/mol. The van der Waals surface area contributed by atoms with Crippen molar-refractivity contribution in [2.24, 2.45) is 0 Å². The highest BCUT2D eigenvalue weighted by Crippen LogP contribution is 2.28. The minimum absolute atomic E-state index is 0.241. The molecule has 0 aromatic heterocycles. The second-order valence-electron chi connectivity index (χ2n) is 4.87. The molecule has 4 heteroatoms. The Labute approximate surface area is 123 Å². The van der Waals surface area contributed by atoms with Crippen LogP contribution in [0.15, 0.2) is 42.5 Å². The summed E-state index contributed by atoms with van der Waals surface area (Å²) in [7, 11) is 3.22. The number of esters is 1. The summed E-state index contributed by atoms with van der Waals surface area (Å²) >= 11 is 0. The molecular formula is C17H16O4. The maximum atomic E-state index is 11.4. The van der Waals surface area contributed by atoms with Crippen LogP contribution in [0.4, 0.5) is 0 Å². The number of fused-ring (bicyclic) bond motifs is 1. The number of cyclic esters (lactones) is 1. The summed E-state index contributed by atoms with van der Waals surface area (Å²) in [5, 5.41) is 0. The summed E-state index contributed by atoms with van der Waals surface area (Å²) in [5.41, 5.74) is 4.70. The molecule has 0 aliphatic carbocycles. The first-order valence-corrected chi connectivity index (χ1v) is 6.69. The molecule has 108 valence electrons. The van der Waals surface area contributed by atoms with E-state index in [1.54, 1.807) is 14.2 Å². The van der Waals surface area contributed by atoms with Crippen LogP contribution in [0, 0.1) is 0 Å². The van der Waals surface area contributed by atoms with Gasteiger partial charge in [0.15, 0.2) is 6.29 Å². The van der Waals surface area contributed by atoms with Crippen molar-refractivity contribution >= 4 is 5.97 Å². The van der Waals surface area contributed by atoms with Crippen LogP contribution in [0.2, 0.25) is 0 Å². The number of ether oxygens (including phenoxy) is 3. The minimum atomic E-state index is -0.356. The molecule has 0 amide bonds. The number of carbonyl (C=O) groups is 1. The van der Waals surface area contributed by atoms with Crippen molar-refractivity contribution in [1.82, 2.24) is 0 Å². The molecule has 0 saturated heterocycles. The quantitative estimate of drug-likeness (QED) is 0.638. The van der Waals surface area contributed by atoms with Gasteiger partial charge in [-0.25, -0.2) is 4.79 Å². The summed E-state index contributed by atoms with van der Waals surface area (Å²) in [6.07, 6.45) is -0.356. The number of methoxy groups -OCH3 is 2. The molecule has 1 heterocycles. The van der Waals surface area contributed by atoms with Gasteiger partial charge in [-0.15, -0.1) is 0 Å². The van der Waals surface area contributed by atoms with Gasteiger partial charge in [0.25, 0.3) is 0 Å². The molecule has 0 spiro atoms. The van der Waals surface area contributed by atoms with Crippen LogP contribution in [-0.2, 0) is 20.8 Å². The highest BCUT2D eigenvalue weighted by atomic mass is 16.7. The number of carbonyl (C=O) groups excluding carboxylic acids is 1. The van der Waals surface area contributed by atoms with E-state index in [4.69, 9.17) is 14.2 Å². The number of hydrogen-bond acceptors (Lipinski definition) is 4.